The first-order valence-corrected chi connectivity index (χ1v) is 17.5. The van der Waals surface area contributed by atoms with Crippen LogP contribution in [0.1, 0.15) is 82.6 Å². The third-order valence-electron chi connectivity index (χ3n) is 9.34. The van der Waals surface area contributed by atoms with Gasteiger partial charge < -0.3 is 30.0 Å². The second kappa shape index (κ2) is 17.9. The van der Waals surface area contributed by atoms with Crippen LogP contribution in [0.5, 0.6) is 5.75 Å². The SMILES string of the molecule is COc1ccc(C[C@H]2NC(=O)/C=C/C[C@@H]([C@H](C)[C@@H](O)[C@@H](C)c3ccc(C)c(C)c3)OC(=O)[C@H](CC(C)C)OC(=O)C(C)(C)CNC2=O)cc1Cl. The Labute approximate surface area is 301 Å². The summed E-state index contributed by atoms with van der Waals surface area (Å²) >= 11 is 6.33. The summed E-state index contributed by atoms with van der Waals surface area (Å²) < 4.78 is 17.0. The quantitative estimate of drug-likeness (QED) is 0.279. The molecule has 0 bridgehead atoms. The summed E-state index contributed by atoms with van der Waals surface area (Å²) in [7, 11) is 1.50. The number of aryl methyl sites for hydroxylation is 2. The molecule has 0 radical (unpaired) electrons. The first kappa shape index (κ1) is 40.5. The molecule has 0 saturated carbocycles. The summed E-state index contributed by atoms with van der Waals surface area (Å²) in [5.74, 6) is -2.91. The first-order chi connectivity index (χ1) is 23.4. The molecule has 0 unspecified atom stereocenters. The Morgan fingerprint density at radius 2 is 1.70 bits per heavy atom. The van der Waals surface area contributed by atoms with Gasteiger partial charge in [0, 0.05) is 31.2 Å². The van der Waals surface area contributed by atoms with E-state index in [1.807, 2.05) is 52.8 Å². The highest BCUT2D eigenvalue weighted by atomic mass is 35.5. The lowest BCUT2D eigenvalue weighted by Crippen LogP contribution is -2.51. The minimum Gasteiger partial charge on any atom is -0.495 e. The number of aliphatic hydroxyl groups excluding tert-OH is 1. The van der Waals surface area contributed by atoms with E-state index in [-0.39, 0.29) is 37.6 Å². The number of carbonyl (C=O) groups excluding carboxylic acids is 4. The van der Waals surface area contributed by atoms with E-state index in [9.17, 15) is 24.3 Å². The monoisotopic (exact) mass is 712 g/mol. The molecule has 1 aliphatic rings. The molecule has 10 nitrogen and oxygen atoms in total. The number of aliphatic hydroxyl groups is 1. The van der Waals surface area contributed by atoms with Crippen LogP contribution in [0.3, 0.4) is 0 Å². The Balaban J connectivity index is 1.97. The van der Waals surface area contributed by atoms with Crippen LogP contribution < -0.4 is 15.4 Å². The van der Waals surface area contributed by atoms with Gasteiger partial charge in [0.15, 0.2) is 6.10 Å². The van der Waals surface area contributed by atoms with Crippen molar-refractivity contribution in [2.45, 2.75) is 105 Å². The van der Waals surface area contributed by atoms with Crippen molar-refractivity contribution in [3.63, 3.8) is 0 Å². The molecule has 2 aromatic rings. The molecule has 0 aromatic heterocycles. The van der Waals surface area contributed by atoms with Crippen LogP contribution in [0.15, 0.2) is 48.6 Å². The largest absolute Gasteiger partial charge is 0.495 e. The van der Waals surface area contributed by atoms with Gasteiger partial charge in [-0.05, 0) is 80.5 Å². The molecule has 2 amide bonds. The highest BCUT2D eigenvalue weighted by Crippen LogP contribution is 2.31. The molecule has 0 saturated heterocycles. The fourth-order valence-electron chi connectivity index (χ4n) is 5.74. The molecular weight excluding hydrogens is 660 g/mol. The minimum absolute atomic E-state index is 0.0177. The predicted octanol–water partition coefficient (Wildman–Crippen LogP) is 5.77. The van der Waals surface area contributed by atoms with Crippen molar-refractivity contribution in [2.75, 3.05) is 13.7 Å². The van der Waals surface area contributed by atoms with Crippen molar-refractivity contribution in [3.05, 3.63) is 75.8 Å². The molecular formula is C39H53ClN2O8. The van der Waals surface area contributed by atoms with Crippen LogP contribution in [-0.2, 0) is 35.1 Å². The van der Waals surface area contributed by atoms with Crippen LogP contribution in [0.4, 0.5) is 0 Å². The van der Waals surface area contributed by atoms with Crippen molar-refractivity contribution >= 4 is 35.4 Å². The van der Waals surface area contributed by atoms with Crippen molar-refractivity contribution in [1.29, 1.82) is 0 Å². The number of carbonyl (C=O) groups is 4. The zero-order valence-electron chi connectivity index (χ0n) is 30.7. The van der Waals surface area contributed by atoms with Gasteiger partial charge in [0.1, 0.15) is 17.9 Å². The highest BCUT2D eigenvalue weighted by Gasteiger charge is 2.38. The maximum Gasteiger partial charge on any atom is 0.347 e. The van der Waals surface area contributed by atoms with Gasteiger partial charge in [-0.15, -0.1) is 0 Å². The number of cyclic esters (lactones) is 2. The molecule has 2 aromatic carbocycles. The number of methoxy groups -OCH3 is 1. The smallest absolute Gasteiger partial charge is 0.347 e. The van der Waals surface area contributed by atoms with E-state index in [0.717, 1.165) is 16.7 Å². The van der Waals surface area contributed by atoms with Crippen molar-refractivity contribution < 1.29 is 38.5 Å². The van der Waals surface area contributed by atoms with E-state index < -0.39 is 59.4 Å². The summed E-state index contributed by atoms with van der Waals surface area (Å²) in [6.07, 6.45) is 0.230. The van der Waals surface area contributed by atoms with Gasteiger partial charge in [0.05, 0.1) is 23.7 Å². The maximum absolute atomic E-state index is 13.7. The van der Waals surface area contributed by atoms with Gasteiger partial charge >= 0.3 is 11.9 Å². The van der Waals surface area contributed by atoms with Crippen LogP contribution in [0.25, 0.3) is 0 Å². The number of benzene rings is 2. The molecule has 0 aliphatic carbocycles. The normalized spacial score (nSPS) is 23.2. The van der Waals surface area contributed by atoms with E-state index >= 15 is 0 Å². The Morgan fingerprint density at radius 1 is 1.00 bits per heavy atom. The van der Waals surface area contributed by atoms with E-state index in [1.54, 1.807) is 45.0 Å². The summed E-state index contributed by atoms with van der Waals surface area (Å²) in [5, 5.41) is 17.4. The number of hydrogen-bond acceptors (Lipinski definition) is 8. The molecule has 1 aliphatic heterocycles. The third kappa shape index (κ3) is 11.1. The summed E-state index contributed by atoms with van der Waals surface area (Å²) in [6.45, 7) is 14.6. The van der Waals surface area contributed by atoms with Gasteiger partial charge in [-0.1, -0.05) is 69.6 Å². The van der Waals surface area contributed by atoms with Gasteiger partial charge in [-0.3, -0.25) is 14.4 Å². The number of hydrogen-bond donors (Lipinski definition) is 3. The molecule has 11 heteroatoms. The zero-order valence-corrected chi connectivity index (χ0v) is 31.4. The van der Waals surface area contributed by atoms with Crippen LogP contribution in [-0.4, -0.2) is 66.9 Å². The molecule has 6 atom stereocenters. The van der Waals surface area contributed by atoms with E-state index in [0.29, 0.717) is 16.3 Å². The summed E-state index contributed by atoms with van der Waals surface area (Å²) in [6, 6.07) is 10.1. The second-order valence-electron chi connectivity index (χ2n) is 14.5. The molecule has 0 spiro atoms. The van der Waals surface area contributed by atoms with Crippen LogP contribution >= 0.6 is 11.6 Å². The summed E-state index contributed by atoms with van der Waals surface area (Å²) in [5.41, 5.74) is 2.63. The molecule has 3 N–H and O–H groups in total. The first-order valence-electron chi connectivity index (χ1n) is 17.2. The number of esters is 2. The van der Waals surface area contributed by atoms with Gasteiger partial charge in [0.2, 0.25) is 11.8 Å². The topological polar surface area (TPSA) is 140 Å². The Morgan fingerprint density at radius 3 is 2.32 bits per heavy atom. The van der Waals surface area contributed by atoms with E-state index in [1.165, 1.54) is 13.2 Å². The van der Waals surface area contributed by atoms with Gasteiger partial charge in [-0.2, -0.15) is 0 Å². The minimum atomic E-state index is -1.23. The number of rotatable bonds is 9. The Kier molecular flexibility index (Phi) is 14.5. The average Bonchev–Trinajstić information content (AvgIpc) is 3.05. The number of nitrogens with one attached hydrogen (secondary N) is 2. The maximum atomic E-state index is 13.7. The standard InChI is InChI=1S/C39H53ClN2O8/c1-22(2)17-33-37(46)49-31(26(6)35(44)25(5)28-15-13-23(3)24(4)18-28)11-10-12-34(43)42-30(20-27-14-16-32(48-9)29(40)19-27)36(45)41-21-39(7,8)38(47)50-33/h10,12-16,18-19,22,25-26,30-31,33,35,44H,11,17,20-21H2,1-9H3,(H,41,45)(H,42,43)/b12-10+/t25-,26-,30+,31-,33-,35-/m0/s1. The lowest BCUT2D eigenvalue weighted by atomic mass is 9.83. The lowest BCUT2D eigenvalue weighted by molar-refractivity contribution is -0.180. The highest BCUT2D eigenvalue weighted by molar-refractivity contribution is 6.32. The number of halogens is 1. The third-order valence-corrected chi connectivity index (χ3v) is 9.64. The number of amides is 2. The molecule has 0 fully saturated rings. The fourth-order valence-corrected chi connectivity index (χ4v) is 6.02. The van der Waals surface area contributed by atoms with Crippen molar-refractivity contribution in [3.8, 4) is 5.75 Å². The molecule has 50 heavy (non-hydrogen) atoms. The number of ether oxygens (including phenoxy) is 3. The lowest BCUT2D eigenvalue weighted by Gasteiger charge is -2.33. The van der Waals surface area contributed by atoms with Crippen molar-refractivity contribution in [1.82, 2.24) is 10.6 Å². The van der Waals surface area contributed by atoms with E-state index in [4.69, 9.17) is 25.8 Å². The van der Waals surface area contributed by atoms with Crippen LogP contribution in [0.2, 0.25) is 5.02 Å². The van der Waals surface area contributed by atoms with Gasteiger partial charge in [0.25, 0.3) is 0 Å². The Hall–Kier alpha value is -3.89. The molecule has 1 heterocycles. The van der Waals surface area contributed by atoms with Crippen LogP contribution in [0, 0.1) is 31.1 Å². The second-order valence-corrected chi connectivity index (χ2v) is 14.9. The van der Waals surface area contributed by atoms with Gasteiger partial charge in [-0.25, -0.2) is 4.79 Å². The zero-order chi connectivity index (χ0) is 37.3. The van der Waals surface area contributed by atoms with E-state index in [2.05, 4.69) is 10.6 Å². The Bertz CT molecular complexity index is 1550. The summed E-state index contributed by atoms with van der Waals surface area (Å²) in [4.78, 5) is 53.9. The molecule has 3 rings (SSSR count). The molecule has 274 valence electrons. The predicted molar refractivity (Wildman–Crippen MR) is 193 cm³/mol. The van der Waals surface area contributed by atoms with Crippen molar-refractivity contribution in [2.24, 2.45) is 17.3 Å². The fraction of sp³-hybridized carbons (Fsp3) is 0.538. The average molecular weight is 713 g/mol.